The highest BCUT2D eigenvalue weighted by Crippen LogP contribution is 2.43. The number of aryl methyl sites for hydroxylation is 2. The molecule has 1 fully saturated rings. The Bertz CT molecular complexity index is 1190. The summed E-state index contributed by atoms with van der Waals surface area (Å²) >= 11 is 0. The summed E-state index contributed by atoms with van der Waals surface area (Å²) in [5.74, 6) is 1.27. The Hall–Kier alpha value is -2.65. The van der Waals surface area contributed by atoms with Crippen LogP contribution in [0.15, 0.2) is 54.7 Å². The van der Waals surface area contributed by atoms with E-state index in [1.807, 2.05) is 49.4 Å². The topological polar surface area (TPSA) is 52.2 Å². The molecule has 1 aliphatic carbocycles. The number of anilines is 1. The molecule has 5 rings (SSSR count). The Morgan fingerprint density at radius 1 is 1.14 bits per heavy atom. The number of H-pyrrole nitrogens is 1. The number of fused-ring (bicyclic) bond motifs is 1. The van der Waals surface area contributed by atoms with Gasteiger partial charge in [0.25, 0.3) is 0 Å². The summed E-state index contributed by atoms with van der Waals surface area (Å²) in [6, 6.07) is 15.8. The number of aromatic amines is 1. The normalized spacial score (nSPS) is 19.9. The van der Waals surface area contributed by atoms with Crippen molar-refractivity contribution in [3.8, 4) is 0 Å². The molecule has 2 atom stereocenters. The lowest BCUT2D eigenvalue weighted by Gasteiger charge is -2.34. The van der Waals surface area contributed by atoms with Crippen molar-refractivity contribution in [1.82, 2.24) is 14.3 Å². The number of halogens is 3. The Labute approximate surface area is 206 Å². The fraction of sp³-hybridized carbons (Fsp3) is 0.423. The molecule has 3 aromatic rings. The lowest BCUT2D eigenvalue weighted by molar-refractivity contribution is -0.0431. The van der Waals surface area contributed by atoms with Crippen LogP contribution in [0.5, 0.6) is 0 Å². The van der Waals surface area contributed by atoms with Gasteiger partial charge in [-0.1, -0.05) is 42.5 Å². The molecule has 1 saturated carbocycles. The minimum Gasteiger partial charge on any atom is -0.361 e. The third-order valence-corrected chi connectivity index (χ3v) is 7.94. The molecule has 0 amide bonds. The van der Waals surface area contributed by atoms with Crippen LogP contribution in [0, 0.1) is 6.92 Å². The third-order valence-electron chi connectivity index (χ3n) is 6.80. The molecule has 2 aromatic carbocycles. The van der Waals surface area contributed by atoms with Crippen LogP contribution in [0.1, 0.15) is 53.4 Å². The van der Waals surface area contributed by atoms with Crippen LogP contribution >= 0.6 is 0 Å². The number of nitrogens with one attached hydrogen (secondary N) is 1. The van der Waals surface area contributed by atoms with E-state index in [9.17, 15) is 17.4 Å². The van der Waals surface area contributed by atoms with Crippen LogP contribution in [-0.4, -0.2) is 36.6 Å². The zero-order valence-electron chi connectivity index (χ0n) is 19.6. The largest absolute Gasteiger partial charge is 0.485 e. The first-order chi connectivity index (χ1) is 16.8. The number of hydrogen-bond acceptors (Lipinski definition) is 3. The summed E-state index contributed by atoms with van der Waals surface area (Å²) in [7, 11) is -3.08. The predicted octanol–water partition coefficient (Wildman–Crippen LogP) is 5.60. The average Bonchev–Trinajstić information content (AvgIpc) is 3.62. The number of rotatable bonds is 7. The van der Waals surface area contributed by atoms with Crippen LogP contribution in [0.25, 0.3) is 0 Å². The molecule has 0 spiro atoms. The lowest BCUT2D eigenvalue weighted by Crippen LogP contribution is -2.44. The van der Waals surface area contributed by atoms with E-state index in [0.29, 0.717) is 25.3 Å². The number of imidazole rings is 1. The zero-order valence-corrected chi connectivity index (χ0v) is 20.4. The van der Waals surface area contributed by atoms with Gasteiger partial charge in [-0.3, -0.25) is 0 Å². The maximum Gasteiger partial charge on any atom is 0.485 e. The van der Waals surface area contributed by atoms with Crippen LogP contribution in [0.3, 0.4) is 0 Å². The van der Waals surface area contributed by atoms with Crippen LogP contribution in [0.4, 0.5) is 18.9 Å². The lowest BCUT2D eigenvalue weighted by atomic mass is 10.0. The first-order valence-electron chi connectivity index (χ1n) is 12.0. The number of nitrogens with zero attached hydrogens (tertiary/aromatic N) is 3. The maximum absolute atomic E-state index is 13.6. The van der Waals surface area contributed by atoms with E-state index in [2.05, 4.69) is 20.9 Å². The van der Waals surface area contributed by atoms with Crippen LogP contribution < -0.4 is 4.90 Å². The Balaban J connectivity index is 1.53. The van der Waals surface area contributed by atoms with Crippen molar-refractivity contribution >= 4 is 16.7 Å². The fourth-order valence-electron chi connectivity index (χ4n) is 4.92. The predicted molar refractivity (Wildman–Crippen MR) is 131 cm³/mol. The van der Waals surface area contributed by atoms with E-state index in [-0.39, 0.29) is 19.1 Å². The summed E-state index contributed by atoms with van der Waals surface area (Å²) in [6.07, 6.45) is 5.33. The third kappa shape index (κ3) is 5.62. The molecule has 2 aliphatic rings. The van der Waals surface area contributed by atoms with Gasteiger partial charge in [-0.05, 0) is 61.3 Å². The second kappa shape index (κ2) is 9.78. The van der Waals surface area contributed by atoms with Crippen molar-refractivity contribution in [2.75, 3.05) is 11.4 Å². The van der Waals surface area contributed by atoms with Gasteiger partial charge in [-0.2, -0.15) is 13.2 Å². The van der Waals surface area contributed by atoms with Gasteiger partial charge < -0.3 is 9.88 Å². The standard InChI is InChI=1S/C26H29F3N4OS/c1-18-30-14-23(31-18)16-33-24(11-7-19-5-3-2-4-6-19)17-32(35(34)26(27,28)29)15-22-13-21(20-8-9-20)10-12-25(22)33/h2-6,10,12-14,20,24H,7-9,11,15-17H2,1H3,(H,30,31). The first-order valence-corrected chi connectivity index (χ1v) is 13.1. The molecule has 2 unspecified atom stereocenters. The minimum absolute atomic E-state index is 0.00234. The van der Waals surface area contributed by atoms with Gasteiger partial charge in [0.15, 0.2) is 0 Å². The van der Waals surface area contributed by atoms with Gasteiger partial charge in [-0.25, -0.2) is 13.5 Å². The molecule has 2 heterocycles. The molecule has 0 saturated heterocycles. The van der Waals surface area contributed by atoms with Gasteiger partial charge in [0, 0.05) is 24.8 Å². The average molecular weight is 503 g/mol. The van der Waals surface area contributed by atoms with E-state index in [4.69, 9.17) is 0 Å². The molecule has 1 N–H and O–H groups in total. The van der Waals surface area contributed by atoms with Crippen LogP contribution in [-0.2, 0) is 30.5 Å². The first kappa shape index (κ1) is 24.1. The summed E-state index contributed by atoms with van der Waals surface area (Å²) in [5.41, 5.74) is 0.0820. The van der Waals surface area contributed by atoms with Crippen molar-refractivity contribution in [3.63, 3.8) is 0 Å². The Morgan fingerprint density at radius 3 is 2.57 bits per heavy atom. The number of aromatic nitrogens is 2. The van der Waals surface area contributed by atoms with Gasteiger partial charge >= 0.3 is 5.51 Å². The molecule has 186 valence electrons. The quantitative estimate of drug-likeness (QED) is 0.458. The van der Waals surface area contributed by atoms with E-state index < -0.39 is 16.5 Å². The highest BCUT2D eigenvalue weighted by atomic mass is 32.2. The molecular weight excluding hydrogens is 473 g/mol. The number of hydrogen-bond donors (Lipinski definition) is 1. The van der Waals surface area contributed by atoms with Crippen molar-refractivity contribution < 1.29 is 17.4 Å². The number of benzene rings is 2. The molecule has 1 aliphatic heterocycles. The molecule has 5 nitrogen and oxygen atoms in total. The minimum atomic E-state index is -4.80. The van der Waals surface area contributed by atoms with E-state index in [1.54, 1.807) is 6.20 Å². The van der Waals surface area contributed by atoms with E-state index >= 15 is 0 Å². The molecular formula is C26H29F3N4OS. The number of alkyl halides is 3. The van der Waals surface area contributed by atoms with Crippen molar-refractivity contribution in [2.45, 2.75) is 63.2 Å². The molecule has 1 aromatic heterocycles. The van der Waals surface area contributed by atoms with Crippen LogP contribution in [0.2, 0.25) is 0 Å². The molecule has 35 heavy (non-hydrogen) atoms. The zero-order chi connectivity index (χ0) is 24.6. The van der Waals surface area contributed by atoms with Crippen molar-refractivity contribution in [2.24, 2.45) is 0 Å². The summed E-state index contributed by atoms with van der Waals surface area (Å²) < 4.78 is 54.5. The monoisotopic (exact) mass is 502 g/mol. The molecule has 9 heteroatoms. The fourth-order valence-corrected chi connectivity index (χ4v) is 5.77. The van der Waals surface area contributed by atoms with Crippen molar-refractivity contribution in [3.05, 3.63) is 82.9 Å². The SMILES string of the molecule is Cc1ncc(CN2c3ccc(C4CC4)cc3CN(S(=O)C(F)(F)F)CC2CCc2ccccc2)[nH]1. The highest BCUT2D eigenvalue weighted by molar-refractivity contribution is 7.83. The Kier molecular flexibility index (Phi) is 6.72. The second-order valence-electron chi connectivity index (χ2n) is 9.48. The van der Waals surface area contributed by atoms with E-state index in [1.165, 1.54) is 0 Å². The molecule has 0 bridgehead atoms. The van der Waals surface area contributed by atoms with Gasteiger partial charge in [0.1, 0.15) is 5.82 Å². The van der Waals surface area contributed by atoms with Gasteiger partial charge in [-0.15, -0.1) is 0 Å². The highest BCUT2D eigenvalue weighted by Gasteiger charge is 2.44. The van der Waals surface area contributed by atoms with Gasteiger partial charge in [0.05, 0.1) is 18.4 Å². The second-order valence-corrected chi connectivity index (χ2v) is 11.0. The smallest absolute Gasteiger partial charge is 0.361 e. The Morgan fingerprint density at radius 2 is 1.91 bits per heavy atom. The molecule has 0 radical (unpaired) electrons. The van der Waals surface area contributed by atoms with E-state index in [0.717, 1.165) is 51.0 Å². The summed E-state index contributed by atoms with van der Waals surface area (Å²) in [4.78, 5) is 9.75. The van der Waals surface area contributed by atoms with Gasteiger partial charge in [0.2, 0.25) is 11.0 Å². The summed E-state index contributed by atoms with van der Waals surface area (Å²) in [5, 5.41) is 0. The summed E-state index contributed by atoms with van der Waals surface area (Å²) in [6.45, 7) is 2.42. The van der Waals surface area contributed by atoms with Crippen molar-refractivity contribution in [1.29, 1.82) is 0 Å². The maximum atomic E-state index is 13.6.